The van der Waals surface area contributed by atoms with Crippen molar-refractivity contribution in [1.82, 2.24) is 0 Å². The van der Waals surface area contributed by atoms with Gasteiger partial charge in [-0.15, -0.1) is 0 Å². The number of rotatable bonds is 2. The normalized spacial score (nSPS) is 20.8. The second-order valence-corrected chi connectivity index (χ2v) is 6.37. The number of benzene rings is 2. The van der Waals surface area contributed by atoms with Crippen LogP contribution < -0.4 is 19.6 Å². The van der Waals surface area contributed by atoms with Crippen LogP contribution in [0.25, 0.3) is 21.9 Å². The number of fused-ring (bicyclic) bond motifs is 6. The lowest BCUT2D eigenvalue weighted by molar-refractivity contribution is -0.0337. The van der Waals surface area contributed by atoms with Crippen LogP contribution in [0.15, 0.2) is 27.4 Å². The molecule has 5 rings (SSSR count). The maximum Gasteiger partial charge on any atom is 0.208 e. The predicted octanol–water partition coefficient (Wildman–Crippen LogP) is 2.89. The molecule has 1 N–H and O–H groups in total. The number of methoxy groups -OCH3 is 2. The lowest BCUT2D eigenvalue weighted by Gasteiger charge is -2.13. The third-order valence-electron chi connectivity index (χ3n) is 5.10. The minimum absolute atomic E-state index is 0.0117. The van der Waals surface area contributed by atoms with E-state index < -0.39 is 0 Å². The molecule has 7 heteroatoms. The second kappa shape index (κ2) is 5.28. The predicted molar refractivity (Wildman–Crippen MR) is 92.5 cm³/mol. The molecule has 3 heterocycles. The monoisotopic (exact) mass is 356 g/mol. The van der Waals surface area contributed by atoms with Gasteiger partial charge in [-0.05, 0) is 18.6 Å². The molecule has 2 atom stereocenters. The summed E-state index contributed by atoms with van der Waals surface area (Å²) in [7, 11) is 2.96. The SMILES string of the molecule is COc1ccc(O)c2c(=O)c3c(OC)cc4c(c3oc12)C1CCOC1O4. The van der Waals surface area contributed by atoms with E-state index >= 15 is 0 Å². The van der Waals surface area contributed by atoms with Gasteiger partial charge >= 0.3 is 0 Å². The van der Waals surface area contributed by atoms with Gasteiger partial charge in [0.25, 0.3) is 0 Å². The van der Waals surface area contributed by atoms with Crippen LogP contribution in [0, 0.1) is 0 Å². The van der Waals surface area contributed by atoms with Gasteiger partial charge in [-0.1, -0.05) is 0 Å². The van der Waals surface area contributed by atoms with Crippen molar-refractivity contribution < 1.29 is 28.5 Å². The lowest BCUT2D eigenvalue weighted by atomic mass is 9.95. The van der Waals surface area contributed by atoms with Crippen molar-refractivity contribution in [3.63, 3.8) is 0 Å². The highest BCUT2D eigenvalue weighted by molar-refractivity contribution is 6.00. The van der Waals surface area contributed by atoms with Crippen molar-refractivity contribution in [2.24, 2.45) is 0 Å². The van der Waals surface area contributed by atoms with Gasteiger partial charge < -0.3 is 28.5 Å². The lowest BCUT2D eigenvalue weighted by Crippen LogP contribution is -2.13. The topological polar surface area (TPSA) is 87.4 Å². The minimum atomic E-state index is -0.382. The molecular weight excluding hydrogens is 340 g/mol. The van der Waals surface area contributed by atoms with Crippen LogP contribution in [-0.2, 0) is 4.74 Å². The Morgan fingerprint density at radius 3 is 2.69 bits per heavy atom. The number of phenols is 1. The van der Waals surface area contributed by atoms with Crippen LogP contribution in [0.3, 0.4) is 0 Å². The van der Waals surface area contributed by atoms with Crippen LogP contribution >= 0.6 is 0 Å². The molecule has 2 aromatic carbocycles. The molecule has 0 radical (unpaired) electrons. The van der Waals surface area contributed by atoms with E-state index in [-0.39, 0.29) is 39.7 Å². The van der Waals surface area contributed by atoms with Gasteiger partial charge in [0, 0.05) is 11.6 Å². The molecule has 1 saturated heterocycles. The Bertz CT molecular complexity index is 1110. The van der Waals surface area contributed by atoms with Crippen LogP contribution in [-0.4, -0.2) is 32.2 Å². The van der Waals surface area contributed by atoms with Crippen molar-refractivity contribution in [3.05, 3.63) is 34.0 Å². The van der Waals surface area contributed by atoms with E-state index in [9.17, 15) is 9.90 Å². The van der Waals surface area contributed by atoms with Crippen LogP contribution in [0.5, 0.6) is 23.0 Å². The molecule has 0 saturated carbocycles. The highest BCUT2D eigenvalue weighted by Gasteiger charge is 2.42. The van der Waals surface area contributed by atoms with Gasteiger partial charge in [0.1, 0.15) is 33.6 Å². The maximum absolute atomic E-state index is 13.2. The Hall–Kier alpha value is -2.93. The fourth-order valence-corrected chi connectivity index (χ4v) is 3.90. The number of hydrogen-bond donors (Lipinski definition) is 1. The third-order valence-corrected chi connectivity index (χ3v) is 5.10. The number of phenolic OH excluding ortho intramolecular Hbond substituents is 1. The Morgan fingerprint density at radius 1 is 1.12 bits per heavy atom. The standard InChI is InChI=1S/C19H16O7/c1-22-10-4-3-9(20)14-16(21)15-11(23-2)7-12-13(18(15)26-17(10)14)8-5-6-24-19(8)25-12/h3-4,7-8,19-20H,5-6H2,1-2H3. The van der Waals surface area contributed by atoms with Crippen molar-refractivity contribution in [2.75, 3.05) is 20.8 Å². The molecule has 2 unspecified atom stereocenters. The molecule has 7 nitrogen and oxygen atoms in total. The molecule has 0 amide bonds. The van der Waals surface area contributed by atoms with E-state index in [1.807, 2.05) is 0 Å². The average Bonchev–Trinajstić information content (AvgIpc) is 3.21. The van der Waals surface area contributed by atoms with E-state index in [1.54, 1.807) is 12.1 Å². The fraction of sp³-hybridized carbons (Fsp3) is 0.316. The van der Waals surface area contributed by atoms with Crippen LogP contribution in [0.1, 0.15) is 17.9 Å². The van der Waals surface area contributed by atoms with E-state index in [4.69, 9.17) is 23.4 Å². The maximum atomic E-state index is 13.2. The summed E-state index contributed by atoms with van der Waals surface area (Å²) in [5.74, 6) is 1.11. The van der Waals surface area contributed by atoms with E-state index in [0.29, 0.717) is 29.4 Å². The highest BCUT2D eigenvalue weighted by atomic mass is 16.7. The smallest absolute Gasteiger partial charge is 0.208 e. The molecule has 0 bridgehead atoms. The molecule has 2 aliphatic rings. The van der Waals surface area contributed by atoms with Crippen LogP contribution in [0.4, 0.5) is 0 Å². The minimum Gasteiger partial charge on any atom is -0.507 e. The fourth-order valence-electron chi connectivity index (χ4n) is 3.90. The highest BCUT2D eigenvalue weighted by Crippen LogP contribution is 2.50. The summed E-state index contributed by atoms with van der Waals surface area (Å²) < 4.78 is 28.3. The average molecular weight is 356 g/mol. The van der Waals surface area contributed by atoms with E-state index in [1.165, 1.54) is 20.3 Å². The summed E-state index contributed by atoms with van der Waals surface area (Å²) in [5.41, 5.74) is 1.01. The molecule has 2 aliphatic heterocycles. The Labute approximate surface area is 147 Å². The van der Waals surface area contributed by atoms with Gasteiger partial charge in [-0.25, -0.2) is 0 Å². The van der Waals surface area contributed by atoms with Crippen molar-refractivity contribution in [2.45, 2.75) is 18.6 Å². The molecule has 26 heavy (non-hydrogen) atoms. The van der Waals surface area contributed by atoms with Gasteiger partial charge in [0.15, 0.2) is 11.3 Å². The summed E-state index contributed by atoms with van der Waals surface area (Å²) in [6.45, 7) is 0.588. The summed E-state index contributed by atoms with van der Waals surface area (Å²) >= 11 is 0. The van der Waals surface area contributed by atoms with Gasteiger partial charge in [0.05, 0.1) is 26.7 Å². The number of ether oxygens (including phenoxy) is 4. The molecule has 134 valence electrons. The molecule has 3 aromatic rings. The second-order valence-electron chi connectivity index (χ2n) is 6.37. The first-order valence-electron chi connectivity index (χ1n) is 8.29. The summed E-state index contributed by atoms with van der Waals surface area (Å²) in [4.78, 5) is 13.2. The molecular formula is C19H16O7. The number of hydrogen-bond acceptors (Lipinski definition) is 7. The summed E-state index contributed by atoms with van der Waals surface area (Å²) in [5, 5.41) is 10.6. The third kappa shape index (κ3) is 1.83. The molecule has 0 spiro atoms. The molecule has 1 fully saturated rings. The van der Waals surface area contributed by atoms with Crippen molar-refractivity contribution >= 4 is 21.9 Å². The summed E-state index contributed by atoms with van der Waals surface area (Å²) in [6.07, 6.45) is 0.394. The van der Waals surface area contributed by atoms with Crippen molar-refractivity contribution in [3.8, 4) is 23.0 Å². The quantitative estimate of drug-likeness (QED) is 0.706. The van der Waals surface area contributed by atoms with E-state index in [0.717, 1.165) is 12.0 Å². The Balaban J connectivity index is 1.99. The van der Waals surface area contributed by atoms with Crippen LogP contribution in [0.2, 0.25) is 0 Å². The molecule has 1 aromatic heterocycles. The first-order valence-corrected chi connectivity index (χ1v) is 8.29. The van der Waals surface area contributed by atoms with Gasteiger partial charge in [-0.3, -0.25) is 4.79 Å². The largest absolute Gasteiger partial charge is 0.507 e. The zero-order valence-electron chi connectivity index (χ0n) is 14.2. The zero-order valence-corrected chi connectivity index (χ0v) is 14.2. The first kappa shape index (κ1) is 15.3. The summed E-state index contributed by atoms with van der Waals surface area (Å²) in [6, 6.07) is 4.65. The Kier molecular flexibility index (Phi) is 3.12. The number of aromatic hydroxyl groups is 1. The van der Waals surface area contributed by atoms with Crippen molar-refractivity contribution in [1.29, 1.82) is 0 Å². The van der Waals surface area contributed by atoms with E-state index in [2.05, 4.69) is 0 Å². The Morgan fingerprint density at radius 2 is 1.92 bits per heavy atom. The van der Waals surface area contributed by atoms with Gasteiger partial charge in [-0.2, -0.15) is 0 Å². The first-order chi connectivity index (χ1) is 12.6. The van der Waals surface area contributed by atoms with Gasteiger partial charge in [0.2, 0.25) is 11.7 Å². The molecule has 0 aliphatic carbocycles. The zero-order chi connectivity index (χ0) is 18.0.